The average molecular weight is 449 g/mol. The van der Waals surface area contributed by atoms with Crippen molar-refractivity contribution < 1.29 is 9.18 Å². The van der Waals surface area contributed by atoms with Gasteiger partial charge >= 0.3 is 0 Å². The second-order valence-electron chi connectivity index (χ2n) is 8.09. The van der Waals surface area contributed by atoms with E-state index in [2.05, 4.69) is 20.4 Å². The minimum atomic E-state index is -0.517. The van der Waals surface area contributed by atoms with E-state index in [1.165, 1.54) is 6.07 Å². The summed E-state index contributed by atoms with van der Waals surface area (Å²) in [7, 11) is 0. The number of hydrogen-bond acceptors (Lipinski definition) is 7. The van der Waals surface area contributed by atoms with E-state index in [-0.39, 0.29) is 18.0 Å². The molecule has 1 aliphatic heterocycles. The third-order valence-corrected chi connectivity index (χ3v) is 5.44. The van der Waals surface area contributed by atoms with E-state index in [9.17, 15) is 14.4 Å². The molecule has 3 aromatic rings. The zero-order valence-corrected chi connectivity index (χ0v) is 18.8. The second-order valence-corrected chi connectivity index (χ2v) is 8.09. The van der Waals surface area contributed by atoms with Crippen LogP contribution in [0.2, 0.25) is 0 Å². The first-order valence-corrected chi connectivity index (χ1v) is 10.7. The van der Waals surface area contributed by atoms with Gasteiger partial charge < -0.3 is 10.2 Å². The van der Waals surface area contributed by atoms with E-state index in [1.807, 2.05) is 42.7 Å². The van der Waals surface area contributed by atoms with Crippen molar-refractivity contribution in [2.75, 3.05) is 42.9 Å². The SMILES string of the molecule is Cc1cc(C)nc(-n2nc(C)cc2NC(=O)CN2CCN(c3cccc(F)c3C#N)CC2)n1. The van der Waals surface area contributed by atoms with Crippen LogP contribution in [0.5, 0.6) is 0 Å². The van der Waals surface area contributed by atoms with Crippen molar-refractivity contribution in [1.29, 1.82) is 5.26 Å². The maximum absolute atomic E-state index is 13.9. The van der Waals surface area contributed by atoms with Crippen LogP contribution in [-0.2, 0) is 4.79 Å². The van der Waals surface area contributed by atoms with Gasteiger partial charge in [0, 0.05) is 43.6 Å². The number of halogens is 1. The maximum Gasteiger partial charge on any atom is 0.252 e. The Morgan fingerprint density at radius 2 is 1.79 bits per heavy atom. The molecule has 170 valence electrons. The maximum atomic E-state index is 13.9. The summed E-state index contributed by atoms with van der Waals surface area (Å²) in [5, 5.41) is 16.6. The Morgan fingerprint density at radius 3 is 2.45 bits per heavy atom. The molecular weight excluding hydrogens is 423 g/mol. The Morgan fingerprint density at radius 1 is 1.09 bits per heavy atom. The van der Waals surface area contributed by atoms with Gasteiger partial charge in [-0.1, -0.05) is 6.07 Å². The molecule has 0 radical (unpaired) electrons. The van der Waals surface area contributed by atoms with E-state index >= 15 is 0 Å². The highest BCUT2D eigenvalue weighted by Crippen LogP contribution is 2.23. The van der Waals surface area contributed by atoms with Crippen LogP contribution in [0.15, 0.2) is 30.3 Å². The summed E-state index contributed by atoms with van der Waals surface area (Å²) in [4.78, 5) is 25.6. The Kier molecular flexibility index (Phi) is 6.33. The molecule has 1 N–H and O–H groups in total. The predicted molar refractivity (Wildman–Crippen MR) is 122 cm³/mol. The summed E-state index contributed by atoms with van der Waals surface area (Å²) in [5.41, 5.74) is 3.03. The number of aryl methyl sites for hydroxylation is 3. The zero-order valence-electron chi connectivity index (χ0n) is 18.8. The van der Waals surface area contributed by atoms with Crippen molar-refractivity contribution in [2.45, 2.75) is 20.8 Å². The number of amides is 1. The van der Waals surface area contributed by atoms with Gasteiger partial charge in [0.05, 0.1) is 17.9 Å². The fourth-order valence-corrected chi connectivity index (χ4v) is 3.96. The molecule has 0 spiro atoms. The lowest BCUT2D eigenvalue weighted by molar-refractivity contribution is -0.117. The number of carbonyl (C=O) groups excluding carboxylic acids is 1. The summed E-state index contributed by atoms with van der Waals surface area (Å²) >= 11 is 0. The number of nitrogens with zero attached hydrogens (tertiary/aromatic N) is 7. The van der Waals surface area contributed by atoms with Crippen molar-refractivity contribution in [3.63, 3.8) is 0 Å². The predicted octanol–water partition coefficient (Wildman–Crippen LogP) is 2.36. The van der Waals surface area contributed by atoms with Gasteiger partial charge in [-0.05, 0) is 39.0 Å². The average Bonchev–Trinajstić information content (AvgIpc) is 3.13. The molecule has 0 unspecified atom stereocenters. The molecule has 4 rings (SSSR count). The number of carbonyl (C=O) groups is 1. The molecule has 0 atom stereocenters. The van der Waals surface area contributed by atoms with Crippen LogP contribution in [0.1, 0.15) is 22.6 Å². The van der Waals surface area contributed by atoms with Gasteiger partial charge in [0.2, 0.25) is 5.91 Å². The molecule has 33 heavy (non-hydrogen) atoms. The van der Waals surface area contributed by atoms with Gasteiger partial charge in [-0.15, -0.1) is 0 Å². The molecule has 1 fully saturated rings. The second kappa shape index (κ2) is 9.34. The quantitative estimate of drug-likeness (QED) is 0.639. The lowest BCUT2D eigenvalue weighted by Gasteiger charge is -2.36. The van der Waals surface area contributed by atoms with Gasteiger partial charge in [-0.25, -0.2) is 14.4 Å². The number of rotatable bonds is 5. The van der Waals surface area contributed by atoms with E-state index in [4.69, 9.17) is 0 Å². The first-order valence-electron chi connectivity index (χ1n) is 10.7. The van der Waals surface area contributed by atoms with Crippen molar-refractivity contribution in [3.05, 3.63) is 58.8 Å². The van der Waals surface area contributed by atoms with Gasteiger partial charge in [-0.2, -0.15) is 15.0 Å². The van der Waals surface area contributed by atoms with Crippen LogP contribution in [0.4, 0.5) is 15.9 Å². The number of nitriles is 1. The molecule has 2 aromatic heterocycles. The Labute approximate surface area is 191 Å². The number of anilines is 2. The zero-order chi connectivity index (χ0) is 23.5. The third kappa shape index (κ3) is 4.99. The third-order valence-electron chi connectivity index (χ3n) is 5.44. The van der Waals surface area contributed by atoms with E-state index in [1.54, 1.807) is 22.9 Å². The molecule has 1 amide bonds. The fourth-order valence-electron chi connectivity index (χ4n) is 3.96. The smallest absolute Gasteiger partial charge is 0.252 e. The number of aromatic nitrogens is 4. The molecule has 1 saturated heterocycles. The lowest BCUT2D eigenvalue weighted by Crippen LogP contribution is -2.49. The first kappa shape index (κ1) is 22.4. The molecule has 10 heteroatoms. The molecule has 1 aromatic carbocycles. The Balaban J connectivity index is 1.39. The van der Waals surface area contributed by atoms with Gasteiger partial charge in [0.25, 0.3) is 5.95 Å². The molecule has 0 saturated carbocycles. The van der Waals surface area contributed by atoms with Crippen molar-refractivity contribution in [1.82, 2.24) is 24.6 Å². The standard InChI is InChI=1S/C23H25FN8O/c1-15-11-16(2)27-23(26-15)32-21(12-17(3)29-32)28-22(33)14-30-7-9-31(10-8-30)20-6-4-5-19(24)18(20)13-25/h4-6,11-12H,7-10,14H2,1-3H3,(H,28,33). The summed E-state index contributed by atoms with van der Waals surface area (Å²) in [6.07, 6.45) is 0. The molecule has 1 aliphatic rings. The summed E-state index contributed by atoms with van der Waals surface area (Å²) < 4.78 is 15.5. The number of piperazine rings is 1. The van der Waals surface area contributed by atoms with Crippen LogP contribution in [-0.4, -0.2) is 63.3 Å². The summed E-state index contributed by atoms with van der Waals surface area (Å²) in [6.45, 7) is 8.25. The lowest BCUT2D eigenvalue weighted by atomic mass is 10.1. The molecule has 0 bridgehead atoms. The van der Waals surface area contributed by atoms with Crippen LogP contribution in [0.25, 0.3) is 5.95 Å². The number of benzene rings is 1. The van der Waals surface area contributed by atoms with Gasteiger partial charge in [0.1, 0.15) is 23.3 Å². The van der Waals surface area contributed by atoms with Crippen LogP contribution < -0.4 is 10.2 Å². The highest BCUT2D eigenvalue weighted by molar-refractivity contribution is 5.91. The van der Waals surface area contributed by atoms with Crippen molar-refractivity contribution >= 4 is 17.4 Å². The highest BCUT2D eigenvalue weighted by atomic mass is 19.1. The normalized spacial score (nSPS) is 14.2. The number of hydrogen-bond donors (Lipinski definition) is 1. The van der Waals surface area contributed by atoms with Crippen molar-refractivity contribution in [2.24, 2.45) is 0 Å². The van der Waals surface area contributed by atoms with Gasteiger partial charge in [-0.3, -0.25) is 9.69 Å². The van der Waals surface area contributed by atoms with Crippen LogP contribution in [0.3, 0.4) is 0 Å². The van der Waals surface area contributed by atoms with E-state index < -0.39 is 5.82 Å². The minimum Gasteiger partial charge on any atom is -0.368 e. The van der Waals surface area contributed by atoms with Crippen molar-refractivity contribution in [3.8, 4) is 12.0 Å². The molecular formula is C23H25FN8O. The summed E-state index contributed by atoms with van der Waals surface area (Å²) in [6, 6.07) is 10.3. The van der Waals surface area contributed by atoms with Gasteiger partial charge in [0.15, 0.2) is 0 Å². The Hall–Kier alpha value is -3.84. The Bertz CT molecular complexity index is 1200. The van der Waals surface area contributed by atoms with Crippen LogP contribution >= 0.6 is 0 Å². The summed E-state index contributed by atoms with van der Waals surface area (Å²) in [5.74, 6) is 0.237. The highest BCUT2D eigenvalue weighted by Gasteiger charge is 2.23. The fraction of sp³-hybridized carbons (Fsp3) is 0.348. The molecule has 0 aliphatic carbocycles. The first-order chi connectivity index (χ1) is 15.8. The molecule has 3 heterocycles. The van der Waals surface area contributed by atoms with E-state index in [0.29, 0.717) is 43.6 Å². The largest absolute Gasteiger partial charge is 0.368 e. The van der Waals surface area contributed by atoms with Crippen LogP contribution in [0, 0.1) is 37.9 Å². The minimum absolute atomic E-state index is 0.0564. The van der Waals surface area contributed by atoms with E-state index in [0.717, 1.165) is 17.1 Å². The molecule has 9 nitrogen and oxygen atoms in total. The monoisotopic (exact) mass is 448 g/mol. The number of nitrogens with one attached hydrogen (secondary N) is 1. The topological polar surface area (TPSA) is 103 Å².